The predicted octanol–water partition coefficient (Wildman–Crippen LogP) is 4.33. The molecule has 0 heterocycles. The molecule has 2 nitrogen and oxygen atoms in total. The predicted molar refractivity (Wildman–Crippen MR) is 79.0 cm³/mol. The molecular formula is C16H23F2NO. The zero-order valence-electron chi connectivity index (χ0n) is 12.3. The largest absolute Gasteiger partial charge is 0.434 e. The van der Waals surface area contributed by atoms with Gasteiger partial charge in [0.1, 0.15) is 5.75 Å². The van der Waals surface area contributed by atoms with Crippen molar-refractivity contribution in [3.8, 4) is 5.75 Å². The first kappa shape index (κ1) is 16.6. The number of hydrogen-bond donors (Lipinski definition) is 1. The molecule has 1 aromatic rings. The molecule has 0 unspecified atom stereocenters. The van der Waals surface area contributed by atoms with Crippen molar-refractivity contribution in [2.24, 2.45) is 5.92 Å². The van der Waals surface area contributed by atoms with E-state index in [0.717, 1.165) is 19.5 Å². The Morgan fingerprint density at radius 3 is 2.60 bits per heavy atom. The Labute approximate surface area is 119 Å². The molecule has 4 heteroatoms. The first-order valence-electron chi connectivity index (χ1n) is 6.99. The van der Waals surface area contributed by atoms with Crippen molar-refractivity contribution in [3.05, 3.63) is 35.4 Å². The molecule has 1 rings (SSSR count). The van der Waals surface area contributed by atoms with E-state index in [9.17, 15) is 8.78 Å². The fourth-order valence-corrected chi connectivity index (χ4v) is 1.83. The normalized spacial score (nSPS) is 12.2. The molecule has 112 valence electrons. The van der Waals surface area contributed by atoms with Crippen LogP contribution < -0.4 is 10.1 Å². The zero-order valence-corrected chi connectivity index (χ0v) is 12.3. The van der Waals surface area contributed by atoms with Crippen molar-refractivity contribution in [1.29, 1.82) is 0 Å². The first-order chi connectivity index (χ1) is 9.54. The molecule has 0 atom stereocenters. The maximum atomic E-state index is 12.4. The van der Waals surface area contributed by atoms with Gasteiger partial charge in [0.05, 0.1) is 0 Å². The van der Waals surface area contributed by atoms with Crippen LogP contribution in [0.2, 0.25) is 0 Å². The number of para-hydroxylation sites is 1. The first-order valence-corrected chi connectivity index (χ1v) is 6.99. The lowest BCUT2D eigenvalue weighted by Crippen LogP contribution is -2.20. The SMILES string of the molecule is CCCNCC(=Cc1ccccc1OC(F)F)C(C)C. The van der Waals surface area contributed by atoms with Gasteiger partial charge in [0.25, 0.3) is 0 Å². The van der Waals surface area contributed by atoms with Crippen molar-refractivity contribution in [3.63, 3.8) is 0 Å². The van der Waals surface area contributed by atoms with Gasteiger partial charge in [0.2, 0.25) is 0 Å². The van der Waals surface area contributed by atoms with Gasteiger partial charge in [-0.25, -0.2) is 0 Å². The minimum Gasteiger partial charge on any atom is -0.434 e. The Balaban J connectivity index is 2.92. The standard InChI is InChI=1S/C16H23F2NO/c1-4-9-19-11-14(12(2)3)10-13-7-5-6-8-15(13)20-16(17)18/h5-8,10,12,16,19H,4,9,11H2,1-3H3. The van der Waals surface area contributed by atoms with Gasteiger partial charge < -0.3 is 10.1 Å². The van der Waals surface area contributed by atoms with Crippen molar-refractivity contribution >= 4 is 6.08 Å². The molecule has 0 bridgehead atoms. The summed E-state index contributed by atoms with van der Waals surface area (Å²) in [4.78, 5) is 0. The third-order valence-electron chi connectivity index (χ3n) is 2.97. The molecule has 0 aliphatic carbocycles. The summed E-state index contributed by atoms with van der Waals surface area (Å²) in [6.45, 7) is 5.20. The fourth-order valence-electron chi connectivity index (χ4n) is 1.83. The summed E-state index contributed by atoms with van der Waals surface area (Å²) in [6.07, 6.45) is 3.00. The number of rotatable bonds is 8. The Morgan fingerprint density at radius 1 is 1.30 bits per heavy atom. The lowest BCUT2D eigenvalue weighted by Gasteiger charge is -2.14. The van der Waals surface area contributed by atoms with Crippen molar-refractivity contribution < 1.29 is 13.5 Å². The van der Waals surface area contributed by atoms with Gasteiger partial charge in [-0.3, -0.25) is 0 Å². The van der Waals surface area contributed by atoms with E-state index in [4.69, 9.17) is 0 Å². The van der Waals surface area contributed by atoms with Crippen LogP contribution in [0, 0.1) is 5.92 Å². The van der Waals surface area contributed by atoms with Crippen LogP contribution in [0.15, 0.2) is 29.8 Å². The highest BCUT2D eigenvalue weighted by atomic mass is 19.3. The van der Waals surface area contributed by atoms with Crippen LogP contribution in [-0.4, -0.2) is 19.7 Å². The molecule has 0 saturated carbocycles. The maximum absolute atomic E-state index is 12.4. The summed E-state index contributed by atoms with van der Waals surface area (Å²) in [5.41, 5.74) is 1.86. The number of benzene rings is 1. The van der Waals surface area contributed by atoms with Gasteiger partial charge in [0, 0.05) is 12.1 Å². The van der Waals surface area contributed by atoms with Gasteiger partial charge in [-0.05, 0) is 24.9 Å². The fraction of sp³-hybridized carbons (Fsp3) is 0.500. The number of alkyl halides is 2. The summed E-state index contributed by atoms with van der Waals surface area (Å²) in [7, 11) is 0. The van der Waals surface area contributed by atoms with Crippen LogP contribution >= 0.6 is 0 Å². The Morgan fingerprint density at radius 2 is 2.00 bits per heavy atom. The third kappa shape index (κ3) is 5.70. The molecule has 0 radical (unpaired) electrons. The molecule has 1 aromatic carbocycles. The van der Waals surface area contributed by atoms with Crippen LogP contribution in [0.5, 0.6) is 5.75 Å². The highest BCUT2D eigenvalue weighted by Crippen LogP contribution is 2.24. The Kier molecular flexibility index (Phi) is 7.23. The van der Waals surface area contributed by atoms with E-state index in [1.54, 1.807) is 18.2 Å². The topological polar surface area (TPSA) is 21.3 Å². The number of halogens is 2. The minimum absolute atomic E-state index is 0.219. The third-order valence-corrected chi connectivity index (χ3v) is 2.97. The molecule has 20 heavy (non-hydrogen) atoms. The van der Waals surface area contributed by atoms with Crippen LogP contribution in [-0.2, 0) is 0 Å². The zero-order chi connectivity index (χ0) is 15.0. The molecule has 0 aliphatic rings. The van der Waals surface area contributed by atoms with E-state index < -0.39 is 6.61 Å². The van der Waals surface area contributed by atoms with Crippen molar-refractivity contribution in [2.75, 3.05) is 13.1 Å². The molecule has 0 amide bonds. The van der Waals surface area contributed by atoms with Crippen LogP contribution in [0.25, 0.3) is 6.08 Å². The van der Waals surface area contributed by atoms with Crippen LogP contribution in [0.3, 0.4) is 0 Å². The number of ether oxygens (including phenoxy) is 1. The summed E-state index contributed by atoms with van der Waals surface area (Å²) < 4.78 is 29.3. The minimum atomic E-state index is -2.80. The second-order valence-corrected chi connectivity index (χ2v) is 4.97. The number of nitrogens with one attached hydrogen (secondary N) is 1. The Hall–Kier alpha value is -1.42. The van der Waals surface area contributed by atoms with E-state index in [1.807, 2.05) is 12.1 Å². The van der Waals surface area contributed by atoms with Crippen molar-refractivity contribution in [1.82, 2.24) is 5.32 Å². The second kappa shape index (κ2) is 8.69. The van der Waals surface area contributed by atoms with E-state index in [-0.39, 0.29) is 5.75 Å². The summed E-state index contributed by atoms with van der Waals surface area (Å²) in [5, 5.41) is 3.34. The maximum Gasteiger partial charge on any atom is 0.387 e. The van der Waals surface area contributed by atoms with E-state index in [2.05, 4.69) is 30.8 Å². The lowest BCUT2D eigenvalue weighted by molar-refractivity contribution is -0.0499. The molecule has 0 aliphatic heterocycles. The highest BCUT2D eigenvalue weighted by molar-refractivity contribution is 5.60. The van der Waals surface area contributed by atoms with Crippen LogP contribution in [0.4, 0.5) is 8.78 Å². The molecule has 0 aromatic heterocycles. The molecule has 0 saturated heterocycles. The monoisotopic (exact) mass is 283 g/mol. The van der Waals surface area contributed by atoms with Gasteiger partial charge in [-0.2, -0.15) is 8.78 Å². The lowest BCUT2D eigenvalue weighted by atomic mass is 10.00. The Bertz CT molecular complexity index is 430. The summed E-state index contributed by atoms with van der Waals surface area (Å²) in [5.74, 6) is 0.565. The van der Waals surface area contributed by atoms with Gasteiger partial charge in [-0.1, -0.05) is 50.6 Å². The highest BCUT2D eigenvalue weighted by Gasteiger charge is 2.09. The summed E-state index contributed by atoms with van der Waals surface area (Å²) >= 11 is 0. The van der Waals surface area contributed by atoms with Gasteiger partial charge in [-0.15, -0.1) is 0 Å². The van der Waals surface area contributed by atoms with Crippen molar-refractivity contribution in [2.45, 2.75) is 33.8 Å². The van der Waals surface area contributed by atoms with E-state index in [1.165, 1.54) is 5.57 Å². The van der Waals surface area contributed by atoms with Gasteiger partial charge in [0.15, 0.2) is 0 Å². The summed E-state index contributed by atoms with van der Waals surface area (Å²) in [6, 6.07) is 6.87. The molecule has 0 fully saturated rings. The average Bonchev–Trinajstić information content (AvgIpc) is 2.39. The second-order valence-electron chi connectivity index (χ2n) is 4.97. The number of hydrogen-bond acceptors (Lipinski definition) is 2. The van der Waals surface area contributed by atoms with E-state index in [0.29, 0.717) is 11.5 Å². The molecule has 0 spiro atoms. The molecular weight excluding hydrogens is 260 g/mol. The molecule has 1 N–H and O–H groups in total. The van der Waals surface area contributed by atoms with Gasteiger partial charge >= 0.3 is 6.61 Å². The quantitative estimate of drug-likeness (QED) is 0.717. The smallest absolute Gasteiger partial charge is 0.387 e. The van der Waals surface area contributed by atoms with Crippen LogP contribution in [0.1, 0.15) is 32.8 Å². The van der Waals surface area contributed by atoms with E-state index >= 15 is 0 Å². The average molecular weight is 283 g/mol.